The minimum Gasteiger partial charge on any atom is -0.365 e. The predicted octanol–water partition coefficient (Wildman–Crippen LogP) is 1.95. The Balaban J connectivity index is 2.39. The zero-order chi connectivity index (χ0) is 8.72. The molecular formula is C10H16N2. The first-order valence-electron chi connectivity index (χ1n) is 4.58. The number of fused-ring (bicyclic) bond motifs is 1. The van der Waals surface area contributed by atoms with Gasteiger partial charge in [-0.15, -0.1) is 0 Å². The summed E-state index contributed by atoms with van der Waals surface area (Å²) in [5.74, 6) is 0. The van der Waals surface area contributed by atoms with Crippen LogP contribution in [0.4, 0.5) is 0 Å². The molecule has 0 bridgehead atoms. The van der Waals surface area contributed by atoms with Crippen LogP contribution in [0.2, 0.25) is 0 Å². The van der Waals surface area contributed by atoms with Gasteiger partial charge in [-0.3, -0.25) is 4.90 Å². The third-order valence-corrected chi connectivity index (χ3v) is 3.12. The highest BCUT2D eigenvalue weighted by atomic mass is 15.2. The summed E-state index contributed by atoms with van der Waals surface area (Å²) >= 11 is 0. The van der Waals surface area contributed by atoms with E-state index in [0.717, 1.165) is 6.42 Å². The molecule has 1 aromatic rings. The Bertz CT molecular complexity index is 277. The molecule has 0 aliphatic carbocycles. The average molecular weight is 164 g/mol. The molecule has 0 saturated carbocycles. The lowest BCUT2D eigenvalue weighted by Crippen LogP contribution is -2.37. The third kappa shape index (κ3) is 0.985. The van der Waals surface area contributed by atoms with Gasteiger partial charge in [-0.05, 0) is 32.5 Å². The Morgan fingerprint density at radius 1 is 1.50 bits per heavy atom. The van der Waals surface area contributed by atoms with Crippen molar-refractivity contribution < 1.29 is 0 Å². The molecule has 2 heterocycles. The van der Waals surface area contributed by atoms with Gasteiger partial charge in [0.2, 0.25) is 0 Å². The predicted molar refractivity (Wildman–Crippen MR) is 50.1 cm³/mol. The van der Waals surface area contributed by atoms with Crippen LogP contribution in [0.15, 0.2) is 12.3 Å². The van der Waals surface area contributed by atoms with Gasteiger partial charge in [0.05, 0.1) is 0 Å². The van der Waals surface area contributed by atoms with Crippen LogP contribution in [0, 0.1) is 0 Å². The standard InChI is InChI=1S/C10H16N2/c1-7-6-10-9(4-5-11-10)8(2)12(7)3/h4-5,7-8,11H,6H2,1-3H3/t7-,8-/m0/s1. The lowest BCUT2D eigenvalue weighted by molar-refractivity contribution is 0.178. The zero-order valence-corrected chi connectivity index (χ0v) is 7.96. The number of hydrogen-bond acceptors (Lipinski definition) is 1. The molecule has 0 saturated heterocycles. The minimum absolute atomic E-state index is 0.565. The van der Waals surface area contributed by atoms with E-state index >= 15 is 0 Å². The molecule has 0 radical (unpaired) electrons. The summed E-state index contributed by atoms with van der Waals surface area (Å²) in [6.45, 7) is 4.54. The van der Waals surface area contributed by atoms with Crippen LogP contribution >= 0.6 is 0 Å². The molecule has 12 heavy (non-hydrogen) atoms. The SMILES string of the molecule is C[C@H]1Cc2[nH]ccc2[C@H](C)N1C. The molecule has 2 atom stereocenters. The number of nitrogens with zero attached hydrogens (tertiary/aromatic N) is 1. The molecule has 2 nitrogen and oxygen atoms in total. The molecule has 0 unspecified atom stereocenters. The normalized spacial score (nSPS) is 30.2. The van der Waals surface area contributed by atoms with Crippen LogP contribution in [-0.2, 0) is 6.42 Å². The van der Waals surface area contributed by atoms with Crippen LogP contribution in [0.3, 0.4) is 0 Å². The lowest BCUT2D eigenvalue weighted by Gasteiger charge is -2.35. The van der Waals surface area contributed by atoms with Gasteiger partial charge < -0.3 is 4.98 Å². The molecule has 1 N–H and O–H groups in total. The monoisotopic (exact) mass is 164 g/mol. The lowest BCUT2D eigenvalue weighted by atomic mass is 9.96. The number of aromatic nitrogens is 1. The fourth-order valence-corrected chi connectivity index (χ4v) is 2.02. The summed E-state index contributed by atoms with van der Waals surface area (Å²) in [6.07, 6.45) is 3.20. The van der Waals surface area contributed by atoms with Crippen molar-refractivity contribution in [1.29, 1.82) is 0 Å². The van der Waals surface area contributed by atoms with Crippen molar-refractivity contribution >= 4 is 0 Å². The van der Waals surface area contributed by atoms with E-state index < -0.39 is 0 Å². The molecule has 1 aromatic heterocycles. The summed E-state index contributed by atoms with van der Waals surface area (Å²) in [4.78, 5) is 5.74. The molecule has 2 rings (SSSR count). The summed E-state index contributed by atoms with van der Waals surface area (Å²) < 4.78 is 0. The van der Waals surface area contributed by atoms with Crippen LogP contribution < -0.4 is 0 Å². The van der Waals surface area contributed by atoms with Crippen molar-refractivity contribution in [1.82, 2.24) is 9.88 Å². The van der Waals surface area contributed by atoms with Crippen molar-refractivity contribution in [2.24, 2.45) is 0 Å². The summed E-state index contributed by atoms with van der Waals surface area (Å²) in [5.41, 5.74) is 2.89. The highest BCUT2D eigenvalue weighted by molar-refractivity contribution is 5.27. The second-order valence-corrected chi connectivity index (χ2v) is 3.81. The molecular weight excluding hydrogens is 148 g/mol. The van der Waals surface area contributed by atoms with Gasteiger partial charge in [0.1, 0.15) is 0 Å². The highest BCUT2D eigenvalue weighted by Crippen LogP contribution is 2.30. The van der Waals surface area contributed by atoms with E-state index in [1.54, 1.807) is 0 Å². The van der Waals surface area contributed by atoms with Gasteiger partial charge in [-0.1, -0.05) is 0 Å². The average Bonchev–Trinajstić information content (AvgIpc) is 2.48. The molecule has 66 valence electrons. The molecule has 0 aromatic carbocycles. The van der Waals surface area contributed by atoms with E-state index in [1.807, 2.05) is 6.20 Å². The van der Waals surface area contributed by atoms with Crippen molar-refractivity contribution in [3.05, 3.63) is 23.5 Å². The number of nitrogens with one attached hydrogen (secondary N) is 1. The first kappa shape index (κ1) is 7.87. The van der Waals surface area contributed by atoms with Crippen LogP contribution in [0.25, 0.3) is 0 Å². The number of likely N-dealkylation sites (N-methyl/N-ethyl adjacent to an activating group) is 1. The minimum atomic E-state index is 0.565. The number of rotatable bonds is 0. The largest absolute Gasteiger partial charge is 0.365 e. The van der Waals surface area contributed by atoms with Crippen LogP contribution in [0.5, 0.6) is 0 Å². The fourth-order valence-electron chi connectivity index (χ4n) is 2.02. The molecule has 0 spiro atoms. The van der Waals surface area contributed by atoms with Gasteiger partial charge in [0.15, 0.2) is 0 Å². The topological polar surface area (TPSA) is 19.0 Å². The van der Waals surface area contributed by atoms with Gasteiger partial charge >= 0.3 is 0 Å². The maximum atomic E-state index is 3.31. The van der Waals surface area contributed by atoms with Crippen molar-refractivity contribution in [3.8, 4) is 0 Å². The van der Waals surface area contributed by atoms with E-state index in [9.17, 15) is 0 Å². The third-order valence-electron chi connectivity index (χ3n) is 3.12. The summed E-state index contributed by atoms with van der Waals surface area (Å²) in [7, 11) is 2.20. The first-order chi connectivity index (χ1) is 5.70. The smallest absolute Gasteiger partial charge is 0.0337 e. The second kappa shape index (κ2) is 2.63. The Labute approximate surface area is 73.6 Å². The first-order valence-corrected chi connectivity index (χ1v) is 4.58. The van der Waals surface area contributed by atoms with Gasteiger partial charge in [-0.25, -0.2) is 0 Å². The molecule has 0 fully saturated rings. The van der Waals surface area contributed by atoms with Crippen molar-refractivity contribution in [3.63, 3.8) is 0 Å². The van der Waals surface area contributed by atoms with Crippen LogP contribution in [-0.4, -0.2) is 23.0 Å². The second-order valence-electron chi connectivity index (χ2n) is 3.81. The molecule has 0 amide bonds. The maximum Gasteiger partial charge on any atom is 0.0337 e. The number of hydrogen-bond donors (Lipinski definition) is 1. The van der Waals surface area contributed by atoms with E-state index in [1.165, 1.54) is 11.3 Å². The maximum absolute atomic E-state index is 3.31. The van der Waals surface area contributed by atoms with E-state index in [2.05, 4.69) is 36.8 Å². The number of H-pyrrole nitrogens is 1. The highest BCUT2D eigenvalue weighted by Gasteiger charge is 2.26. The van der Waals surface area contributed by atoms with Crippen molar-refractivity contribution in [2.45, 2.75) is 32.4 Å². The Hall–Kier alpha value is -0.760. The van der Waals surface area contributed by atoms with Gasteiger partial charge in [-0.2, -0.15) is 0 Å². The Kier molecular flexibility index (Phi) is 1.72. The Morgan fingerprint density at radius 2 is 2.25 bits per heavy atom. The fraction of sp³-hybridized carbons (Fsp3) is 0.600. The molecule has 2 heteroatoms. The summed E-state index contributed by atoms with van der Waals surface area (Å²) in [5, 5.41) is 0. The van der Waals surface area contributed by atoms with Gasteiger partial charge in [0.25, 0.3) is 0 Å². The van der Waals surface area contributed by atoms with Crippen molar-refractivity contribution in [2.75, 3.05) is 7.05 Å². The van der Waals surface area contributed by atoms with E-state index in [0.29, 0.717) is 12.1 Å². The Morgan fingerprint density at radius 3 is 3.00 bits per heavy atom. The number of aromatic amines is 1. The van der Waals surface area contributed by atoms with E-state index in [4.69, 9.17) is 0 Å². The zero-order valence-electron chi connectivity index (χ0n) is 7.96. The summed E-state index contributed by atoms with van der Waals surface area (Å²) in [6, 6.07) is 3.42. The quantitative estimate of drug-likeness (QED) is 0.621. The molecule has 1 aliphatic rings. The van der Waals surface area contributed by atoms with Crippen LogP contribution in [0.1, 0.15) is 31.1 Å². The van der Waals surface area contributed by atoms with E-state index in [-0.39, 0.29) is 0 Å². The molecule has 1 aliphatic heterocycles. The van der Waals surface area contributed by atoms with Gasteiger partial charge in [0, 0.05) is 30.4 Å².